The molecule has 0 aliphatic heterocycles. The molecular formula is C23H17ClN4O6S. The van der Waals surface area contributed by atoms with Gasteiger partial charge in [-0.15, -0.1) is 11.3 Å². The lowest BCUT2D eigenvalue weighted by Gasteiger charge is -2.10. The minimum absolute atomic E-state index is 0.0265. The number of aryl methyl sites for hydroxylation is 1. The third-order valence-corrected chi connectivity index (χ3v) is 6.21. The molecule has 12 heteroatoms. The van der Waals surface area contributed by atoms with Crippen LogP contribution in [0.3, 0.4) is 0 Å². The van der Waals surface area contributed by atoms with Crippen LogP contribution in [0.15, 0.2) is 52.6 Å². The summed E-state index contributed by atoms with van der Waals surface area (Å²) >= 11 is 6.85. The second kappa shape index (κ2) is 9.65. The maximum absolute atomic E-state index is 13.5. The van der Waals surface area contributed by atoms with E-state index in [2.05, 4.69) is 10.4 Å². The molecule has 0 saturated heterocycles. The number of nitrogens with zero attached hydrogens (tertiary/aromatic N) is 3. The van der Waals surface area contributed by atoms with Crippen molar-refractivity contribution in [2.45, 2.75) is 13.8 Å². The Labute approximate surface area is 206 Å². The molecule has 0 bridgehead atoms. The van der Waals surface area contributed by atoms with Crippen LogP contribution in [0, 0.1) is 17.0 Å². The summed E-state index contributed by atoms with van der Waals surface area (Å²) in [6, 6.07) is 10.6. The minimum Gasteiger partial charge on any atom is -0.461 e. The second-order valence-electron chi connectivity index (χ2n) is 7.36. The Morgan fingerprint density at radius 1 is 1.26 bits per heavy atom. The van der Waals surface area contributed by atoms with Crippen LogP contribution in [-0.4, -0.2) is 33.2 Å². The lowest BCUT2D eigenvalue weighted by Crippen LogP contribution is -2.25. The van der Waals surface area contributed by atoms with E-state index >= 15 is 0 Å². The molecule has 0 aliphatic carbocycles. The van der Waals surface area contributed by atoms with Gasteiger partial charge in [-0.2, -0.15) is 9.78 Å². The molecule has 4 aromatic rings. The highest BCUT2D eigenvalue weighted by Crippen LogP contribution is 2.32. The van der Waals surface area contributed by atoms with Gasteiger partial charge in [0, 0.05) is 22.4 Å². The number of hydrogen-bond donors (Lipinski definition) is 1. The predicted octanol–water partition coefficient (Wildman–Crippen LogP) is 4.75. The lowest BCUT2D eigenvalue weighted by atomic mass is 10.1. The monoisotopic (exact) mass is 512 g/mol. The van der Waals surface area contributed by atoms with E-state index in [1.807, 2.05) is 13.0 Å². The van der Waals surface area contributed by atoms with Crippen LogP contribution in [0.5, 0.6) is 0 Å². The van der Waals surface area contributed by atoms with E-state index in [0.29, 0.717) is 5.69 Å². The van der Waals surface area contributed by atoms with Gasteiger partial charge in [0.05, 0.1) is 22.6 Å². The smallest absolute Gasteiger partial charge is 0.359 e. The number of carbonyl (C=O) groups excluding carboxylic acids is 2. The molecule has 2 aromatic heterocycles. The van der Waals surface area contributed by atoms with Crippen molar-refractivity contribution in [3.8, 4) is 5.69 Å². The highest BCUT2D eigenvalue weighted by Gasteiger charge is 2.24. The maximum Gasteiger partial charge on any atom is 0.359 e. The summed E-state index contributed by atoms with van der Waals surface area (Å²) in [5, 5.41) is 19.9. The SMILES string of the molecule is CCOC(=O)c1nn(-c2cccc(C)c2)c(=O)c2c(NC(=O)c3ccc(Cl)c([N+](=O)[O-])c3)scc12. The zero-order valence-electron chi connectivity index (χ0n) is 18.4. The summed E-state index contributed by atoms with van der Waals surface area (Å²) in [6.07, 6.45) is 0. The molecule has 10 nitrogen and oxygen atoms in total. The second-order valence-corrected chi connectivity index (χ2v) is 8.64. The Morgan fingerprint density at radius 2 is 2.03 bits per heavy atom. The fourth-order valence-electron chi connectivity index (χ4n) is 3.40. The highest BCUT2D eigenvalue weighted by molar-refractivity contribution is 7.16. The number of hydrogen-bond acceptors (Lipinski definition) is 8. The van der Waals surface area contributed by atoms with Gasteiger partial charge >= 0.3 is 5.97 Å². The number of fused-ring (bicyclic) bond motifs is 1. The van der Waals surface area contributed by atoms with E-state index in [1.54, 1.807) is 25.1 Å². The summed E-state index contributed by atoms with van der Waals surface area (Å²) < 4.78 is 6.20. The number of rotatable bonds is 6. The number of amides is 1. The number of ether oxygens (including phenoxy) is 1. The highest BCUT2D eigenvalue weighted by atomic mass is 35.5. The van der Waals surface area contributed by atoms with Crippen molar-refractivity contribution < 1.29 is 19.2 Å². The number of nitro groups is 1. The van der Waals surface area contributed by atoms with Crippen LogP contribution in [0.4, 0.5) is 10.7 Å². The van der Waals surface area contributed by atoms with E-state index in [9.17, 15) is 24.5 Å². The molecule has 35 heavy (non-hydrogen) atoms. The standard InChI is InChI=1S/C23H17ClN4O6S/c1-3-34-23(31)19-15-11-35-21(25-20(29)13-7-8-16(24)17(10-13)28(32)33)18(15)22(30)27(26-19)14-6-4-5-12(2)9-14/h4-11H,3H2,1-2H3,(H,25,29). The molecule has 1 amide bonds. The van der Waals surface area contributed by atoms with Gasteiger partial charge in [-0.25, -0.2) is 4.79 Å². The molecule has 2 heterocycles. The number of anilines is 1. The summed E-state index contributed by atoms with van der Waals surface area (Å²) in [5.74, 6) is -1.41. The normalized spacial score (nSPS) is 10.8. The number of nitrogens with one attached hydrogen (secondary N) is 1. The third-order valence-electron chi connectivity index (χ3n) is 5.00. The fourth-order valence-corrected chi connectivity index (χ4v) is 4.51. The number of carbonyl (C=O) groups is 2. The van der Waals surface area contributed by atoms with Crippen LogP contribution in [-0.2, 0) is 4.74 Å². The van der Waals surface area contributed by atoms with Gasteiger partial charge in [0.1, 0.15) is 10.0 Å². The van der Waals surface area contributed by atoms with Crippen LogP contribution in [0.2, 0.25) is 5.02 Å². The molecule has 2 aromatic carbocycles. The van der Waals surface area contributed by atoms with Crippen LogP contribution in [0.25, 0.3) is 16.5 Å². The first-order chi connectivity index (χ1) is 16.7. The first-order valence-corrected chi connectivity index (χ1v) is 11.5. The predicted molar refractivity (Wildman–Crippen MR) is 132 cm³/mol. The Bertz CT molecular complexity index is 1560. The van der Waals surface area contributed by atoms with Crippen molar-refractivity contribution in [2.75, 3.05) is 11.9 Å². The van der Waals surface area contributed by atoms with Gasteiger partial charge in [-0.1, -0.05) is 23.7 Å². The fraction of sp³-hybridized carbons (Fsp3) is 0.130. The molecule has 0 radical (unpaired) electrons. The van der Waals surface area contributed by atoms with Crippen molar-refractivity contribution in [3.05, 3.63) is 90.2 Å². The molecule has 0 atom stereocenters. The minimum atomic E-state index is -0.720. The molecule has 0 aliphatic rings. The zero-order chi connectivity index (χ0) is 25.3. The number of halogens is 1. The van der Waals surface area contributed by atoms with E-state index < -0.39 is 28.0 Å². The summed E-state index contributed by atoms with van der Waals surface area (Å²) in [5.41, 5.74) is 0.211. The number of aromatic nitrogens is 2. The molecule has 0 fully saturated rings. The molecule has 0 saturated carbocycles. The Hall–Kier alpha value is -4.09. The number of benzene rings is 2. The van der Waals surface area contributed by atoms with Crippen molar-refractivity contribution in [1.82, 2.24) is 9.78 Å². The van der Waals surface area contributed by atoms with Gasteiger partial charge in [-0.05, 0) is 43.7 Å². The lowest BCUT2D eigenvalue weighted by molar-refractivity contribution is -0.384. The Morgan fingerprint density at radius 3 is 2.71 bits per heavy atom. The number of thiophene rings is 1. The van der Waals surface area contributed by atoms with E-state index in [4.69, 9.17) is 16.3 Å². The maximum atomic E-state index is 13.5. The Balaban J connectivity index is 1.86. The quantitative estimate of drug-likeness (QED) is 0.224. The van der Waals surface area contributed by atoms with Crippen LogP contribution < -0.4 is 10.9 Å². The van der Waals surface area contributed by atoms with Gasteiger partial charge < -0.3 is 10.1 Å². The van der Waals surface area contributed by atoms with Crippen LogP contribution >= 0.6 is 22.9 Å². The first kappa shape index (κ1) is 24.0. The van der Waals surface area contributed by atoms with E-state index in [1.165, 1.54) is 17.5 Å². The third kappa shape index (κ3) is 4.63. The van der Waals surface area contributed by atoms with Crippen molar-refractivity contribution in [1.29, 1.82) is 0 Å². The van der Waals surface area contributed by atoms with Gasteiger partial charge in [0.2, 0.25) is 0 Å². The zero-order valence-corrected chi connectivity index (χ0v) is 20.0. The average Bonchev–Trinajstić information content (AvgIpc) is 3.23. The largest absolute Gasteiger partial charge is 0.461 e. The molecule has 178 valence electrons. The van der Waals surface area contributed by atoms with Crippen molar-refractivity contribution in [3.63, 3.8) is 0 Å². The molecule has 0 spiro atoms. The van der Waals surface area contributed by atoms with E-state index in [0.717, 1.165) is 27.6 Å². The van der Waals surface area contributed by atoms with Gasteiger partial charge in [-0.3, -0.25) is 19.7 Å². The summed E-state index contributed by atoms with van der Waals surface area (Å²) in [7, 11) is 0. The molecule has 4 rings (SSSR count). The number of nitro benzene ring substituents is 1. The van der Waals surface area contributed by atoms with Crippen molar-refractivity contribution in [2.24, 2.45) is 0 Å². The first-order valence-electron chi connectivity index (χ1n) is 10.2. The summed E-state index contributed by atoms with van der Waals surface area (Å²) in [6.45, 7) is 3.60. The van der Waals surface area contributed by atoms with Crippen LogP contribution in [0.1, 0.15) is 33.3 Å². The number of esters is 1. The van der Waals surface area contributed by atoms with Gasteiger partial charge in [0.15, 0.2) is 5.69 Å². The molecule has 0 unspecified atom stereocenters. The van der Waals surface area contributed by atoms with Crippen molar-refractivity contribution >= 4 is 56.3 Å². The van der Waals surface area contributed by atoms with E-state index in [-0.39, 0.29) is 38.7 Å². The Kier molecular flexibility index (Phi) is 6.63. The average molecular weight is 513 g/mol. The van der Waals surface area contributed by atoms with Gasteiger partial charge in [0.25, 0.3) is 17.2 Å². The topological polar surface area (TPSA) is 133 Å². The molecule has 1 N–H and O–H groups in total. The molecular weight excluding hydrogens is 496 g/mol. The summed E-state index contributed by atoms with van der Waals surface area (Å²) in [4.78, 5) is 49.5.